The third kappa shape index (κ3) is 4.98. The molecular weight excluding hydrogens is 461 g/mol. The number of halogens is 1. The Morgan fingerprint density at radius 2 is 2.03 bits per heavy atom. The Hall–Kier alpha value is -3.22. The van der Waals surface area contributed by atoms with Crippen LogP contribution in [-0.2, 0) is 13.0 Å². The monoisotopic (exact) mass is 485 g/mol. The highest BCUT2D eigenvalue weighted by Crippen LogP contribution is 2.31. The molecule has 4 heterocycles. The second-order valence-electron chi connectivity index (χ2n) is 7.84. The maximum absolute atomic E-state index is 9.57. The first-order valence-electron chi connectivity index (χ1n) is 10.8. The van der Waals surface area contributed by atoms with E-state index < -0.39 is 7.12 Å². The van der Waals surface area contributed by atoms with Gasteiger partial charge in [0, 0.05) is 30.6 Å². The summed E-state index contributed by atoms with van der Waals surface area (Å²) < 4.78 is 12.8. The fourth-order valence-corrected chi connectivity index (χ4v) is 3.92. The highest BCUT2D eigenvalue weighted by Gasteiger charge is 2.22. The normalized spacial score (nSPS) is 12.2. The fourth-order valence-electron chi connectivity index (χ4n) is 3.72. The minimum atomic E-state index is -1.66. The number of nitrogens with zero attached hydrogens (tertiary/aromatic N) is 6. The molecule has 0 saturated heterocycles. The SMILES string of the molecule is CCOc1nc(CC(C)n2nc(C)c3nc(Cl)cc(NCc4nnc(C)o4)c32)ccc1B(O)O. The molecule has 1 atom stereocenters. The molecular formula is C21H25BClN7O4. The van der Waals surface area contributed by atoms with E-state index in [-0.39, 0.29) is 17.4 Å². The summed E-state index contributed by atoms with van der Waals surface area (Å²) in [5.74, 6) is 1.14. The second kappa shape index (κ2) is 9.96. The first-order chi connectivity index (χ1) is 16.3. The molecule has 0 aliphatic rings. The average molecular weight is 486 g/mol. The van der Waals surface area contributed by atoms with Crippen LogP contribution in [0, 0.1) is 13.8 Å². The molecule has 0 saturated carbocycles. The van der Waals surface area contributed by atoms with Gasteiger partial charge in [-0.3, -0.25) is 4.68 Å². The van der Waals surface area contributed by atoms with E-state index in [0.717, 1.165) is 22.6 Å². The van der Waals surface area contributed by atoms with Gasteiger partial charge in [-0.25, -0.2) is 9.97 Å². The summed E-state index contributed by atoms with van der Waals surface area (Å²) in [5.41, 5.74) is 3.89. The fraction of sp³-hybridized carbons (Fsp3) is 0.381. The summed E-state index contributed by atoms with van der Waals surface area (Å²) in [6.07, 6.45) is 0.517. The van der Waals surface area contributed by atoms with Crippen LogP contribution < -0.4 is 15.5 Å². The number of aryl methyl sites for hydroxylation is 2. The largest absolute Gasteiger partial charge is 0.494 e. The molecule has 0 aromatic carbocycles. The zero-order valence-corrected chi connectivity index (χ0v) is 20.0. The van der Waals surface area contributed by atoms with Gasteiger partial charge < -0.3 is 24.5 Å². The molecule has 3 N–H and O–H groups in total. The maximum atomic E-state index is 9.57. The number of anilines is 1. The lowest BCUT2D eigenvalue weighted by atomic mass is 9.81. The van der Waals surface area contributed by atoms with E-state index in [1.54, 1.807) is 25.1 Å². The van der Waals surface area contributed by atoms with Gasteiger partial charge in [-0.05, 0) is 26.8 Å². The lowest BCUT2D eigenvalue weighted by Crippen LogP contribution is -2.32. The molecule has 0 fully saturated rings. The van der Waals surface area contributed by atoms with E-state index in [1.165, 1.54) is 0 Å². The lowest BCUT2D eigenvalue weighted by molar-refractivity contribution is 0.325. The lowest BCUT2D eigenvalue weighted by Gasteiger charge is -2.17. The molecule has 13 heteroatoms. The number of rotatable bonds is 9. The van der Waals surface area contributed by atoms with Crippen LogP contribution in [-0.4, -0.2) is 53.7 Å². The van der Waals surface area contributed by atoms with Crippen molar-refractivity contribution in [2.45, 2.75) is 46.7 Å². The zero-order chi connectivity index (χ0) is 24.4. The predicted octanol–water partition coefficient (Wildman–Crippen LogP) is 1.97. The van der Waals surface area contributed by atoms with E-state index in [4.69, 9.17) is 25.9 Å². The highest BCUT2D eigenvalue weighted by molar-refractivity contribution is 6.59. The molecule has 0 aliphatic carbocycles. The third-order valence-corrected chi connectivity index (χ3v) is 5.41. The number of ether oxygens (including phenoxy) is 1. The number of hydrogen-bond acceptors (Lipinski definition) is 10. The molecule has 0 spiro atoms. The first-order valence-corrected chi connectivity index (χ1v) is 11.2. The molecule has 0 bridgehead atoms. The van der Waals surface area contributed by atoms with Gasteiger partial charge in [-0.1, -0.05) is 17.7 Å². The molecule has 0 amide bonds. The Morgan fingerprint density at radius 1 is 1.24 bits per heavy atom. The quantitative estimate of drug-likeness (QED) is 0.238. The van der Waals surface area contributed by atoms with Gasteiger partial charge in [-0.2, -0.15) is 5.10 Å². The van der Waals surface area contributed by atoms with Crippen molar-refractivity contribution in [3.63, 3.8) is 0 Å². The van der Waals surface area contributed by atoms with Crippen LogP contribution in [0.1, 0.15) is 43.1 Å². The summed E-state index contributed by atoms with van der Waals surface area (Å²) in [5, 5.41) is 35.4. The summed E-state index contributed by atoms with van der Waals surface area (Å²) in [7, 11) is -1.66. The van der Waals surface area contributed by atoms with Crippen molar-refractivity contribution >= 4 is 40.9 Å². The van der Waals surface area contributed by atoms with Crippen molar-refractivity contribution in [3.8, 4) is 5.88 Å². The molecule has 4 aromatic rings. The zero-order valence-electron chi connectivity index (χ0n) is 19.3. The highest BCUT2D eigenvalue weighted by atomic mass is 35.5. The van der Waals surface area contributed by atoms with Crippen molar-refractivity contribution < 1.29 is 19.2 Å². The molecule has 1 unspecified atom stereocenters. The first kappa shape index (κ1) is 23.9. The third-order valence-electron chi connectivity index (χ3n) is 5.22. The van der Waals surface area contributed by atoms with Crippen LogP contribution in [0.2, 0.25) is 5.15 Å². The maximum Gasteiger partial charge on any atom is 0.494 e. The molecule has 4 aromatic heterocycles. The Morgan fingerprint density at radius 3 is 2.71 bits per heavy atom. The summed E-state index contributed by atoms with van der Waals surface area (Å²) in [6.45, 7) is 8.11. The van der Waals surface area contributed by atoms with Gasteiger partial charge in [-0.15, -0.1) is 10.2 Å². The molecule has 0 aliphatic heterocycles. The number of hydrogen-bond donors (Lipinski definition) is 3. The van der Waals surface area contributed by atoms with Crippen LogP contribution in [0.5, 0.6) is 5.88 Å². The number of aromatic nitrogens is 6. The van der Waals surface area contributed by atoms with Crippen molar-refractivity contribution in [1.29, 1.82) is 0 Å². The number of pyridine rings is 2. The van der Waals surface area contributed by atoms with Crippen molar-refractivity contribution in [2.24, 2.45) is 0 Å². The van der Waals surface area contributed by atoms with Gasteiger partial charge in [0.25, 0.3) is 0 Å². The van der Waals surface area contributed by atoms with Crippen molar-refractivity contribution in [3.05, 3.63) is 46.5 Å². The van der Waals surface area contributed by atoms with Gasteiger partial charge >= 0.3 is 7.12 Å². The molecule has 34 heavy (non-hydrogen) atoms. The van der Waals surface area contributed by atoms with E-state index >= 15 is 0 Å². The van der Waals surface area contributed by atoms with Crippen LogP contribution in [0.15, 0.2) is 22.6 Å². The Labute approximate surface area is 201 Å². The molecule has 0 radical (unpaired) electrons. The van der Waals surface area contributed by atoms with Crippen LogP contribution in [0.4, 0.5) is 5.69 Å². The minimum Gasteiger partial charge on any atom is -0.478 e. The summed E-state index contributed by atoms with van der Waals surface area (Å²) >= 11 is 6.28. The van der Waals surface area contributed by atoms with Crippen LogP contribution >= 0.6 is 11.6 Å². The van der Waals surface area contributed by atoms with Gasteiger partial charge in [0.2, 0.25) is 17.7 Å². The molecule has 11 nitrogen and oxygen atoms in total. The standard InChI is InChI=1S/C21H25BClN7O4/c1-5-33-21-15(22(31)32)7-6-14(25-21)8-11(2)30-20-16(24-10-18-28-27-13(4)34-18)9-17(23)26-19(20)12(3)29-30/h6-7,9,11,31-32H,5,8,10H2,1-4H3,(H,24,26). The number of nitrogens with one attached hydrogen (secondary N) is 1. The topological polar surface area (TPSA) is 144 Å². The smallest absolute Gasteiger partial charge is 0.478 e. The van der Waals surface area contributed by atoms with Crippen LogP contribution in [0.3, 0.4) is 0 Å². The Kier molecular flexibility index (Phi) is 7.01. The van der Waals surface area contributed by atoms with Gasteiger partial charge in [0.1, 0.15) is 16.2 Å². The van der Waals surface area contributed by atoms with Gasteiger partial charge in [0.05, 0.1) is 30.6 Å². The van der Waals surface area contributed by atoms with Crippen molar-refractivity contribution in [2.75, 3.05) is 11.9 Å². The Bertz CT molecular complexity index is 1310. The Balaban J connectivity index is 1.66. The van der Waals surface area contributed by atoms with Crippen molar-refractivity contribution in [1.82, 2.24) is 29.9 Å². The average Bonchev–Trinajstić information content (AvgIpc) is 3.35. The van der Waals surface area contributed by atoms with E-state index in [2.05, 4.69) is 25.5 Å². The van der Waals surface area contributed by atoms with E-state index in [1.807, 2.05) is 25.5 Å². The second-order valence-corrected chi connectivity index (χ2v) is 8.23. The van der Waals surface area contributed by atoms with E-state index in [0.29, 0.717) is 42.0 Å². The summed E-state index contributed by atoms with van der Waals surface area (Å²) in [6, 6.07) is 4.98. The summed E-state index contributed by atoms with van der Waals surface area (Å²) in [4.78, 5) is 8.96. The van der Waals surface area contributed by atoms with Gasteiger partial charge in [0.15, 0.2) is 0 Å². The molecule has 178 valence electrons. The predicted molar refractivity (Wildman–Crippen MR) is 127 cm³/mol. The minimum absolute atomic E-state index is 0.114. The van der Waals surface area contributed by atoms with Crippen LogP contribution in [0.25, 0.3) is 11.0 Å². The molecule has 4 rings (SSSR count). The number of fused-ring (bicyclic) bond motifs is 1. The van der Waals surface area contributed by atoms with E-state index in [9.17, 15) is 10.0 Å².